The first kappa shape index (κ1) is 22.9. The van der Waals surface area contributed by atoms with Crippen LogP contribution in [0.15, 0.2) is 58.3 Å². The minimum Gasteiger partial charge on any atom is -0.453 e. The highest BCUT2D eigenvalue weighted by molar-refractivity contribution is 6.48. The van der Waals surface area contributed by atoms with Gasteiger partial charge in [0.2, 0.25) is 0 Å². The highest BCUT2D eigenvalue weighted by Crippen LogP contribution is 2.50. The summed E-state index contributed by atoms with van der Waals surface area (Å²) in [5.41, 5.74) is 3.77. The van der Waals surface area contributed by atoms with Gasteiger partial charge in [0, 0.05) is 22.3 Å². The largest absolute Gasteiger partial charge is 0.465 e. The molecule has 1 atom stereocenters. The van der Waals surface area contributed by atoms with E-state index >= 15 is 0 Å². The minimum atomic E-state index is -0.332. The van der Waals surface area contributed by atoms with Crippen LogP contribution in [0.4, 0.5) is 0 Å². The molecule has 0 N–H and O–H groups in total. The van der Waals surface area contributed by atoms with Gasteiger partial charge >= 0.3 is 7.12 Å². The van der Waals surface area contributed by atoms with Crippen molar-refractivity contribution < 1.29 is 18.5 Å². The molecule has 3 heterocycles. The smallest absolute Gasteiger partial charge is 0.453 e. The van der Waals surface area contributed by atoms with E-state index in [-0.39, 0.29) is 29.6 Å². The fourth-order valence-electron chi connectivity index (χ4n) is 5.75. The van der Waals surface area contributed by atoms with E-state index in [0.717, 1.165) is 53.9 Å². The molecule has 0 amide bonds. The molecule has 2 aliphatic heterocycles. The predicted molar refractivity (Wildman–Crippen MR) is 142 cm³/mol. The summed E-state index contributed by atoms with van der Waals surface area (Å²) < 4.78 is 26.0. The normalized spacial score (nSPS) is 27.8. The lowest BCUT2D eigenvalue weighted by atomic mass is 9.66. The summed E-state index contributed by atoms with van der Waals surface area (Å²) in [6.45, 7) is 13.0. The van der Waals surface area contributed by atoms with E-state index in [2.05, 4.69) is 90.1 Å². The second-order valence-corrected chi connectivity index (χ2v) is 12.0. The van der Waals surface area contributed by atoms with Gasteiger partial charge < -0.3 is 18.5 Å². The second kappa shape index (κ2) is 7.75. The number of benzene rings is 1. The first-order valence-electron chi connectivity index (χ1n) is 12.9. The molecule has 2 aromatic rings. The second-order valence-electron chi connectivity index (χ2n) is 12.0. The summed E-state index contributed by atoms with van der Waals surface area (Å²) in [5, 5.41) is 1.16. The van der Waals surface area contributed by atoms with E-state index in [4.69, 9.17) is 18.5 Å². The lowest BCUT2D eigenvalue weighted by molar-refractivity contribution is 0.00578. The summed E-state index contributed by atoms with van der Waals surface area (Å²) in [4.78, 5) is 0. The molecule has 5 heteroatoms. The van der Waals surface area contributed by atoms with Crippen LogP contribution in [0.2, 0.25) is 5.82 Å². The van der Waals surface area contributed by atoms with Crippen LogP contribution < -0.4 is 4.74 Å². The molecule has 0 bridgehead atoms. The Kier molecular flexibility index (Phi) is 5.08. The van der Waals surface area contributed by atoms with Crippen LogP contribution in [0, 0.1) is 0 Å². The van der Waals surface area contributed by atoms with E-state index < -0.39 is 0 Å². The van der Waals surface area contributed by atoms with Crippen LogP contribution in [0.3, 0.4) is 0 Å². The molecule has 4 nitrogen and oxygen atoms in total. The number of fused-ring (bicyclic) bond motifs is 6. The molecule has 1 aromatic heterocycles. The van der Waals surface area contributed by atoms with Gasteiger partial charge in [0.25, 0.3) is 0 Å². The van der Waals surface area contributed by atoms with E-state index in [1.165, 1.54) is 16.7 Å². The maximum absolute atomic E-state index is 6.72. The molecule has 1 fully saturated rings. The fraction of sp³-hybridized carbons (Fsp3) is 0.467. The maximum Gasteiger partial charge on any atom is 0.465 e. The van der Waals surface area contributed by atoms with Gasteiger partial charge in [0.05, 0.1) is 11.2 Å². The predicted octanol–water partition coefficient (Wildman–Crippen LogP) is 7.68. The molecule has 1 aromatic carbocycles. The van der Waals surface area contributed by atoms with Crippen molar-refractivity contribution in [2.45, 2.75) is 89.7 Å². The minimum absolute atomic E-state index is 0.110. The molecule has 1 unspecified atom stereocenters. The Morgan fingerprint density at radius 1 is 0.971 bits per heavy atom. The number of aryl methyl sites for hydroxylation is 1. The Balaban J connectivity index is 1.39. The molecule has 4 aliphatic rings. The lowest BCUT2D eigenvalue weighted by Gasteiger charge is -2.32. The van der Waals surface area contributed by atoms with E-state index in [1.807, 2.05) is 0 Å². The number of hydrogen-bond donors (Lipinski definition) is 0. The molecule has 6 rings (SSSR count). The average molecular weight is 470 g/mol. The molecule has 1 saturated heterocycles. The Hall–Kier alpha value is -2.50. The van der Waals surface area contributed by atoms with Crippen molar-refractivity contribution in [1.82, 2.24) is 0 Å². The van der Waals surface area contributed by atoms with Crippen LogP contribution in [0.5, 0.6) is 5.75 Å². The Bertz CT molecular complexity index is 1300. The van der Waals surface area contributed by atoms with Crippen molar-refractivity contribution in [3.8, 4) is 5.75 Å². The Morgan fingerprint density at radius 3 is 2.51 bits per heavy atom. The fourth-order valence-corrected chi connectivity index (χ4v) is 5.75. The maximum atomic E-state index is 6.72. The highest BCUT2D eigenvalue weighted by atomic mass is 16.7. The number of furan rings is 1. The van der Waals surface area contributed by atoms with Gasteiger partial charge in [-0.15, -0.1) is 0 Å². The first-order chi connectivity index (χ1) is 16.6. The molecular weight excluding hydrogens is 435 g/mol. The summed E-state index contributed by atoms with van der Waals surface area (Å²) in [7, 11) is -0.254. The zero-order chi connectivity index (χ0) is 24.6. The van der Waals surface area contributed by atoms with Gasteiger partial charge in [0.1, 0.15) is 11.5 Å². The van der Waals surface area contributed by atoms with E-state index in [9.17, 15) is 0 Å². The molecule has 2 aliphatic carbocycles. The van der Waals surface area contributed by atoms with Crippen LogP contribution >= 0.6 is 0 Å². The summed E-state index contributed by atoms with van der Waals surface area (Å²) in [6.07, 6.45) is 16.7. The third-order valence-electron chi connectivity index (χ3n) is 8.50. The SMILES string of the molecule is CC1(C)CC2=CC(B3OC(C)(C)C(C)(C)O3)CC=C2Oc2c1ccc1c3c(oc21)/C=C\C=C/CC3. The number of rotatable bonds is 1. The number of allylic oxidation sites excluding steroid dienone is 6. The summed E-state index contributed by atoms with van der Waals surface area (Å²) >= 11 is 0. The highest BCUT2D eigenvalue weighted by Gasteiger charge is 2.53. The van der Waals surface area contributed by atoms with Crippen LogP contribution in [0.25, 0.3) is 17.0 Å². The quantitative estimate of drug-likeness (QED) is 0.401. The van der Waals surface area contributed by atoms with Gasteiger partial charge in [-0.05, 0) is 76.5 Å². The number of ether oxygens (including phenoxy) is 1. The van der Waals surface area contributed by atoms with E-state index in [0.29, 0.717) is 0 Å². The Morgan fingerprint density at radius 2 is 1.74 bits per heavy atom. The van der Waals surface area contributed by atoms with Gasteiger partial charge in [-0.1, -0.05) is 50.3 Å². The van der Waals surface area contributed by atoms with Crippen molar-refractivity contribution in [3.05, 3.63) is 70.7 Å². The van der Waals surface area contributed by atoms with Gasteiger partial charge in [-0.25, -0.2) is 0 Å². The van der Waals surface area contributed by atoms with Gasteiger partial charge in [-0.3, -0.25) is 0 Å². The van der Waals surface area contributed by atoms with Crippen molar-refractivity contribution in [3.63, 3.8) is 0 Å². The molecule has 35 heavy (non-hydrogen) atoms. The Labute approximate surface area is 208 Å². The lowest BCUT2D eigenvalue weighted by Crippen LogP contribution is -2.41. The summed E-state index contributed by atoms with van der Waals surface area (Å²) in [6, 6.07) is 4.47. The van der Waals surface area contributed by atoms with Crippen molar-refractivity contribution in [2.24, 2.45) is 0 Å². The molecule has 182 valence electrons. The third-order valence-corrected chi connectivity index (χ3v) is 8.50. The van der Waals surface area contributed by atoms with Gasteiger partial charge in [0.15, 0.2) is 11.3 Å². The first-order valence-corrected chi connectivity index (χ1v) is 12.9. The molecule has 0 spiro atoms. The topological polar surface area (TPSA) is 40.8 Å². The zero-order valence-corrected chi connectivity index (χ0v) is 21.7. The van der Waals surface area contributed by atoms with Crippen LogP contribution in [-0.4, -0.2) is 18.3 Å². The summed E-state index contributed by atoms with van der Waals surface area (Å²) in [5.74, 6) is 2.91. The standard InChI is InChI=1S/C30H35BO4/c1-28(2)18-19-17-20(31-34-29(3,4)30(5,6)35-31)13-16-24(19)32-27-23(28)15-14-22-21-11-9-7-8-10-12-25(21)33-26(22)27/h7-8,10,12,14-17,20H,9,11,13,18H2,1-6H3/b8-7-,12-10-. The zero-order valence-electron chi connectivity index (χ0n) is 21.7. The van der Waals surface area contributed by atoms with Crippen LogP contribution in [-0.2, 0) is 21.1 Å². The molecule has 0 saturated carbocycles. The average Bonchev–Trinajstić information content (AvgIpc) is 3.16. The van der Waals surface area contributed by atoms with Crippen LogP contribution in [0.1, 0.15) is 77.7 Å². The van der Waals surface area contributed by atoms with Gasteiger partial charge in [-0.2, -0.15) is 0 Å². The van der Waals surface area contributed by atoms with Crippen molar-refractivity contribution in [1.29, 1.82) is 0 Å². The third kappa shape index (κ3) is 3.67. The van der Waals surface area contributed by atoms with Crippen molar-refractivity contribution >= 4 is 24.2 Å². The van der Waals surface area contributed by atoms with Crippen molar-refractivity contribution in [2.75, 3.05) is 0 Å². The monoisotopic (exact) mass is 470 g/mol. The molecular formula is C30H35BO4. The number of hydrogen-bond acceptors (Lipinski definition) is 4. The van der Waals surface area contributed by atoms with E-state index in [1.54, 1.807) is 0 Å². The molecule has 0 radical (unpaired) electrons.